The highest BCUT2D eigenvalue weighted by Gasteiger charge is 2.37. The first kappa shape index (κ1) is 14.3. The second kappa shape index (κ2) is 5.89. The molecule has 0 aromatic heterocycles. The zero-order valence-electron chi connectivity index (χ0n) is 12.5. The molecule has 1 unspecified atom stereocenters. The Morgan fingerprint density at radius 2 is 2.00 bits per heavy atom. The second-order valence-electron chi connectivity index (χ2n) is 7.01. The van der Waals surface area contributed by atoms with Crippen LogP contribution in [0.3, 0.4) is 0 Å². The van der Waals surface area contributed by atoms with Gasteiger partial charge in [-0.1, -0.05) is 20.8 Å². The van der Waals surface area contributed by atoms with E-state index < -0.39 is 0 Å². The van der Waals surface area contributed by atoms with Crippen molar-refractivity contribution in [2.75, 3.05) is 32.7 Å². The molecule has 1 heterocycles. The van der Waals surface area contributed by atoms with Gasteiger partial charge in [0.15, 0.2) is 0 Å². The monoisotopic (exact) mass is 253 g/mol. The van der Waals surface area contributed by atoms with E-state index in [1.807, 2.05) is 0 Å². The highest BCUT2D eigenvalue weighted by atomic mass is 15.3. The van der Waals surface area contributed by atoms with Crippen LogP contribution in [-0.2, 0) is 0 Å². The van der Waals surface area contributed by atoms with E-state index in [-0.39, 0.29) is 5.41 Å². The van der Waals surface area contributed by atoms with E-state index in [0.717, 1.165) is 25.2 Å². The van der Waals surface area contributed by atoms with Crippen LogP contribution in [0, 0.1) is 5.41 Å². The molecule has 106 valence electrons. The third-order valence-corrected chi connectivity index (χ3v) is 4.47. The van der Waals surface area contributed by atoms with Gasteiger partial charge in [-0.25, -0.2) is 0 Å². The molecule has 2 N–H and O–H groups in total. The molecule has 0 aromatic carbocycles. The highest BCUT2D eigenvalue weighted by Crippen LogP contribution is 2.31. The number of hydrogen-bond acceptors (Lipinski definition) is 3. The molecule has 3 heteroatoms. The summed E-state index contributed by atoms with van der Waals surface area (Å²) in [5.41, 5.74) is 6.15. The number of nitrogens with two attached hydrogens (primary N) is 1. The predicted molar refractivity (Wildman–Crippen MR) is 77.7 cm³/mol. The summed E-state index contributed by atoms with van der Waals surface area (Å²) >= 11 is 0. The van der Waals surface area contributed by atoms with Crippen LogP contribution in [0.5, 0.6) is 0 Å². The summed E-state index contributed by atoms with van der Waals surface area (Å²) in [6.07, 6.45) is 5.49. The number of rotatable bonds is 7. The average molecular weight is 253 g/mol. The summed E-state index contributed by atoms with van der Waals surface area (Å²) in [5, 5.41) is 0. The molecule has 1 aliphatic heterocycles. The normalized spacial score (nSPS) is 26.2. The van der Waals surface area contributed by atoms with Crippen LogP contribution < -0.4 is 5.73 Å². The minimum Gasteiger partial charge on any atom is -0.330 e. The minimum absolute atomic E-state index is 0.252. The van der Waals surface area contributed by atoms with Gasteiger partial charge in [-0.15, -0.1) is 0 Å². The van der Waals surface area contributed by atoms with Gasteiger partial charge in [0.2, 0.25) is 0 Å². The van der Waals surface area contributed by atoms with Crippen molar-refractivity contribution < 1.29 is 0 Å². The van der Waals surface area contributed by atoms with Gasteiger partial charge in [0, 0.05) is 31.7 Å². The molecule has 1 saturated carbocycles. The molecule has 0 amide bonds. The van der Waals surface area contributed by atoms with E-state index in [1.54, 1.807) is 0 Å². The molecule has 1 atom stereocenters. The lowest BCUT2D eigenvalue weighted by atomic mass is 9.92. The van der Waals surface area contributed by atoms with Gasteiger partial charge in [0.25, 0.3) is 0 Å². The number of likely N-dealkylation sites (tertiary alicyclic amines) is 1. The first-order valence-corrected chi connectivity index (χ1v) is 7.74. The van der Waals surface area contributed by atoms with E-state index in [0.29, 0.717) is 0 Å². The lowest BCUT2D eigenvalue weighted by molar-refractivity contribution is 0.132. The highest BCUT2D eigenvalue weighted by molar-refractivity contribution is 4.93. The number of nitrogens with zero attached hydrogens (tertiary/aromatic N) is 2. The maximum absolute atomic E-state index is 5.90. The fourth-order valence-electron chi connectivity index (χ4n) is 3.13. The maximum atomic E-state index is 5.90. The van der Waals surface area contributed by atoms with Crippen LogP contribution in [-0.4, -0.2) is 54.6 Å². The number of hydrogen-bond donors (Lipinski definition) is 1. The molecule has 2 aliphatic rings. The van der Waals surface area contributed by atoms with E-state index >= 15 is 0 Å². The predicted octanol–water partition coefficient (Wildman–Crippen LogP) is 1.92. The fraction of sp³-hybridized carbons (Fsp3) is 1.00. The molecule has 0 radical (unpaired) electrons. The Morgan fingerprint density at radius 1 is 1.28 bits per heavy atom. The Labute approximate surface area is 113 Å². The quantitative estimate of drug-likeness (QED) is 0.752. The zero-order chi connectivity index (χ0) is 13.2. The van der Waals surface area contributed by atoms with E-state index in [1.165, 1.54) is 45.3 Å². The topological polar surface area (TPSA) is 32.5 Å². The molecule has 2 fully saturated rings. The van der Waals surface area contributed by atoms with Crippen LogP contribution >= 0.6 is 0 Å². The lowest BCUT2D eigenvalue weighted by Gasteiger charge is -2.35. The van der Waals surface area contributed by atoms with E-state index in [9.17, 15) is 0 Å². The molecule has 18 heavy (non-hydrogen) atoms. The van der Waals surface area contributed by atoms with E-state index in [4.69, 9.17) is 5.73 Å². The molecule has 0 spiro atoms. The average Bonchev–Trinajstić information content (AvgIpc) is 3.07. The van der Waals surface area contributed by atoms with Crippen molar-refractivity contribution in [3.05, 3.63) is 0 Å². The van der Waals surface area contributed by atoms with Crippen molar-refractivity contribution in [2.24, 2.45) is 11.1 Å². The van der Waals surface area contributed by atoms with Crippen LogP contribution in [0.1, 0.15) is 46.5 Å². The van der Waals surface area contributed by atoms with Crippen LogP contribution in [0.15, 0.2) is 0 Å². The van der Waals surface area contributed by atoms with Gasteiger partial charge in [-0.2, -0.15) is 0 Å². The van der Waals surface area contributed by atoms with Gasteiger partial charge in [-0.05, 0) is 44.2 Å². The Balaban J connectivity index is 1.88. The van der Waals surface area contributed by atoms with Gasteiger partial charge < -0.3 is 5.73 Å². The Hall–Kier alpha value is -0.120. The van der Waals surface area contributed by atoms with Crippen molar-refractivity contribution in [3.63, 3.8) is 0 Å². The second-order valence-corrected chi connectivity index (χ2v) is 7.01. The summed E-state index contributed by atoms with van der Waals surface area (Å²) in [6, 6.07) is 1.71. The van der Waals surface area contributed by atoms with Crippen molar-refractivity contribution >= 4 is 0 Å². The molecular formula is C15H31N3. The Kier molecular flexibility index (Phi) is 4.68. The third-order valence-electron chi connectivity index (χ3n) is 4.47. The molecule has 1 saturated heterocycles. The van der Waals surface area contributed by atoms with Gasteiger partial charge in [-0.3, -0.25) is 9.80 Å². The zero-order valence-corrected chi connectivity index (χ0v) is 12.5. The molecule has 0 aromatic rings. The fourth-order valence-corrected chi connectivity index (χ4v) is 3.13. The van der Waals surface area contributed by atoms with Crippen molar-refractivity contribution in [1.29, 1.82) is 0 Å². The maximum Gasteiger partial charge on any atom is 0.0235 e. The van der Waals surface area contributed by atoms with Crippen LogP contribution in [0.4, 0.5) is 0 Å². The first-order chi connectivity index (χ1) is 8.55. The summed E-state index contributed by atoms with van der Waals surface area (Å²) < 4.78 is 0. The SMILES string of the molecule is CCCN(CC(C)(C)CN)C1CCN(C2CC2)C1. The Bertz CT molecular complexity index is 260. The minimum atomic E-state index is 0.252. The summed E-state index contributed by atoms with van der Waals surface area (Å²) in [6.45, 7) is 12.7. The lowest BCUT2D eigenvalue weighted by Crippen LogP contribution is -2.45. The smallest absolute Gasteiger partial charge is 0.0235 e. The summed E-state index contributed by atoms with van der Waals surface area (Å²) in [4.78, 5) is 5.41. The Morgan fingerprint density at radius 3 is 2.56 bits per heavy atom. The van der Waals surface area contributed by atoms with Crippen molar-refractivity contribution in [1.82, 2.24) is 9.80 Å². The van der Waals surface area contributed by atoms with Crippen molar-refractivity contribution in [3.8, 4) is 0 Å². The summed E-state index contributed by atoms with van der Waals surface area (Å²) in [7, 11) is 0. The van der Waals surface area contributed by atoms with Crippen LogP contribution in [0.25, 0.3) is 0 Å². The third kappa shape index (κ3) is 3.69. The van der Waals surface area contributed by atoms with Gasteiger partial charge >= 0.3 is 0 Å². The molecule has 3 nitrogen and oxygen atoms in total. The molecule has 2 rings (SSSR count). The largest absolute Gasteiger partial charge is 0.330 e. The van der Waals surface area contributed by atoms with Crippen molar-refractivity contribution in [2.45, 2.75) is 58.5 Å². The summed E-state index contributed by atoms with van der Waals surface area (Å²) in [5.74, 6) is 0. The molecule has 0 bridgehead atoms. The van der Waals surface area contributed by atoms with Gasteiger partial charge in [0.05, 0.1) is 0 Å². The molecule has 1 aliphatic carbocycles. The van der Waals surface area contributed by atoms with E-state index in [2.05, 4.69) is 30.6 Å². The first-order valence-electron chi connectivity index (χ1n) is 7.74. The standard InChI is InChI=1S/C15H31N3/c1-4-8-18(12-15(2,3)11-16)14-7-9-17(10-14)13-5-6-13/h13-14H,4-12,16H2,1-3H3. The molecular weight excluding hydrogens is 222 g/mol. The van der Waals surface area contributed by atoms with Crippen LogP contribution in [0.2, 0.25) is 0 Å². The van der Waals surface area contributed by atoms with Gasteiger partial charge in [0.1, 0.15) is 0 Å².